The Morgan fingerprint density at radius 3 is 2.11 bits per heavy atom. The zero-order valence-corrected chi connectivity index (χ0v) is 9.69. The first-order chi connectivity index (χ1) is 8.15. The second-order valence-electron chi connectivity index (χ2n) is 4.08. The number of halogens is 2. The molecular formula is C10H9F2NO4S. The topological polar surface area (TPSA) is 97.5 Å². The molecule has 2 rings (SSSR count). The molecule has 5 nitrogen and oxygen atoms in total. The minimum atomic E-state index is -3.89. The van der Waals surface area contributed by atoms with Crippen molar-refractivity contribution in [2.45, 2.75) is 16.7 Å². The van der Waals surface area contributed by atoms with Crippen LogP contribution in [0.25, 0.3) is 0 Å². The molecule has 2 atom stereocenters. The number of carbonyl (C=O) groups is 1. The van der Waals surface area contributed by atoms with E-state index in [0.29, 0.717) is 0 Å². The van der Waals surface area contributed by atoms with E-state index in [1.165, 1.54) is 0 Å². The summed E-state index contributed by atoms with van der Waals surface area (Å²) in [5.41, 5.74) is 0.0831. The van der Waals surface area contributed by atoms with Crippen LogP contribution < -0.4 is 5.14 Å². The number of primary sulfonamides is 1. The van der Waals surface area contributed by atoms with Crippen LogP contribution in [0.2, 0.25) is 0 Å². The molecular weight excluding hydrogens is 268 g/mol. The Labute approximate surface area is 101 Å². The number of hydrogen-bond donors (Lipinski definition) is 2. The van der Waals surface area contributed by atoms with Gasteiger partial charge in [0.25, 0.3) is 5.92 Å². The van der Waals surface area contributed by atoms with Crippen LogP contribution in [0.4, 0.5) is 8.78 Å². The molecule has 0 heterocycles. The monoisotopic (exact) mass is 277 g/mol. The van der Waals surface area contributed by atoms with Gasteiger partial charge in [0.2, 0.25) is 10.0 Å². The fourth-order valence-corrected chi connectivity index (χ4v) is 2.43. The maximum absolute atomic E-state index is 13.2. The highest BCUT2D eigenvalue weighted by Crippen LogP contribution is 2.61. The molecule has 1 aromatic carbocycles. The van der Waals surface area contributed by atoms with Gasteiger partial charge in [-0.25, -0.2) is 22.3 Å². The van der Waals surface area contributed by atoms with Crippen LogP contribution in [0.3, 0.4) is 0 Å². The van der Waals surface area contributed by atoms with Crippen LogP contribution in [0.15, 0.2) is 29.2 Å². The Morgan fingerprint density at radius 1 is 1.28 bits per heavy atom. The van der Waals surface area contributed by atoms with Gasteiger partial charge in [0.1, 0.15) is 5.92 Å². The first kappa shape index (κ1) is 12.9. The van der Waals surface area contributed by atoms with Gasteiger partial charge >= 0.3 is 5.97 Å². The van der Waals surface area contributed by atoms with Crippen LogP contribution in [-0.2, 0) is 14.8 Å². The fraction of sp³-hybridized carbons (Fsp3) is 0.300. The molecule has 0 radical (unpaired) electrons. The van der Waals surface area contributed by atoms with Gasteiger partial charge in [0, 0.05) is 0 Å². The molecule has 18 heavy (non-hydrogen) atoms. The number of hydrogen-bond acceptors (Lipinski definition) is 3. The first-order valence-electron chi connectivity index (χ1n) is 4.89. The molecule has 0 bridgehead atoms. The zero-order chi connectivity index (χ0) is 13.7. The second-order valence-corrected chi connectivity index (χ2v) is 5.64. The Balaban J connectivity index is 2.30. The van der Waals surface area contributed by atoms with Gasteiger partial charge in [0.15, 0.2) is 0 Å². The molecule has 1 aliphatic rings. The largest absolute Gasteiger partial charge is 0.481 e. The van der Waals surface area contributed by atoms with E-state index in [0.717, 1.165) is 24.3 Å². The standard InChI is InChI=1S/C10H9F2NO4S/c11-10(12)7(8(10)9(14)15)5-1-3-6(4-2-5)18(13,16)17/h1-4,7-8H,(H,14,15)(H2,13,16,17)/t7-,8+/m0/s1. The van der Waals surface area contributed by atoms with Crippen molar-refractivity contribution >= 4 is 16.0 Å². The Kier molecular flexibility index (Phi) is 2.67. The second kappa shape index (κ2) is 3.72. The smallest absolute Gasteiger partial charge is 0.313 e. The summed E-state index contributed by atoms with van der Waals surface area (Å²) in [4.78, 5) is 10.4. The number of benzene rings is 1. The number of aliphatic carboxylic acids is 1. The van der Waals surface area contributed by atoms with Gasteiger partial charge in [-0.1, -0.05) is 12.1 Å². The number of sulfonamides is 1. The van der Waals surface area contributed by atoms with Gasteiger partial charge in [-0.2, -0.15) is 0 Å². The lowest BCUT2D eigenvalue weighted by Crippen LogP contribution is -2.11. The quantitative estimate of drug-likeness (QED) is 0.852. The summed E-state index contributed by atoms with van der Waals surface area (Å²) in [6.45, 7) is 0. The van der Waals surface area contributed by atoms with Crippen molar-refractivity contribution in [3.8, 4) is 0 Å². The Morgan fingerprint density at radius 2 is 1.78 bits per heavy atom. The summed E-state index contributed by atoms with van der Waals surface area (Å²) in [6.07, 6.45) is 0. The summed E-state index contributed by atoms with van der Waals surface area (Å²) in [5.74, 6) is -8.03. The highest BCUT2D eigenvalue weighted by Gasteiger charge is 2.72. The van der Waals surface area contributed by atoms with Crippen molar-refractivity contribution in [2.24, 2.45) is 11.1 Å². The van der Waals surface area contributed by atoms with E-state index in [2.05, 4.69) is 0 Å². The average Bonchev–Trinajstić information content (AvgIpc) is 2.80. The van der Waals surface area contributed by atoms with Crippen molar-refractivity contribution in [1.82, 2.24) is 0 Å². The lowest BCUT2D eigenvalue weighted by atomic mass is 10.1. The third-order valence-electron chi connectivity index (χ3n) is 2.89. The van der Waals surface area contributed by atoms with E-state index in [1.54, 1.807) is 0 Å². The van der Waals surface area contributed by atoms with Crippen LogP contribution in [0.1, 0.15) is 11.5 Å². The molecule has 1 saturated carbocycles. The molecule has 0 aliphatic heterocycles. The van der Waals surface area contributed by atoms with Crippen LogP contribution in [-0.4, -0.2) is 25.4 Å². The maximum Gasteiger partial charge on any atom is 0.313 e. The van der Waals surface area contributed by atoms with E-state index in [4.69, 9.17) is 10.2 Å². The molecule has 1 aliphatic carbocycles. The summed E-state index contributed by atoms with van der Waals surface area (Å²) >= 11 is 0. The highest BCUT2D eigenvalue weighted by molar-refractivity contribution is 7.89. The zero-order valence-electron chi connectivity index (χ0n) is 8.88. The minimum Gasteiger partial charge on any atom is -0.481 e. The highest BCUT2D eigenvalue weighted by atomic mass is 32.2. The average molecular weight is 277 g/mol. The van der Waals surface area contributed by atoms with Gasteiger partial charge < -0.3 is 5.11 Å². The molecule has 3 N–H and O–H groups in total. The van der Waals surface area contributed by atoms with Crippen LogP contribution >= 0.6 is 0 Å². The van der Waals surface area contributed by atoms with Gasteiger partial charge in [0.05, 0.1) is 10.8 Å². The predicted octanol–water partition coefficient (Wildman–Crippen LogP) is 0.767. The molecule has 0 saturated heterocycles. The third kappa shape index (κ3) is 1.97. The third-order valence-corrected chi connectivity index (χ3v) is 3.82. The maximum atomic E-state index is 13.2. The fourth-order valence-electron chi connectivity index (χ4n) is 1.91. The van der Waals surface area contributed by atoms with E-state index in [-0.39, 0.29) is 10.5 Å². The number of alkyl halides is 2. The van der Waals surface area contributed by atoms with Crippen molar-refractivity contribution in [2.75, 3.05) is 0 Å². The summed E-state index contributed by atoms with van der Waals surface area (Å²) < 4.78 is 48.3. The van der Waals surface area contributed by atoms with Gasteiger partial charge in [-0.15, -0.1) is 0 Å². The first-order valence-corrected chi connectivity index (χ1v) is 6.43. The Hall–Kier alpha value is -1.54. The van der Waals surface area contributed by atoms with E-state index in [9.17, 15) is 22.0 Å². The summed E-state index contributed by atoms with van der Waals surface area (Å²) in [5, 5.41) is 13.5. The molecule has 8 heteroatoms. The molecule has 0 unspecified atom stereocenters. The molecule has 0 aromatic heterocycles. The van der Waals surface area contributed by atoms with E-state index in [1.807, 2.05) is 0 Å². The summed E-state index contributed by atoms with van der Waals surface area (Å²) in [7, 11) is -3.89. The molecule has 0 amide bonds. The van der Waals surface area contributed by atoms with Gasteiger partial charge in [-0.3, -0.25) is 4.79 Å². The summed E-state index contributed by atoms with van der Waals surface area (Å²) in [6, 6.07) is 4.47. The van der Waals surface area contributed by atoms with E-state index < -0.39 is 33.8 Å². The molecule has 98 valence electrons. The number of carboxylic acids is 1. The molecule has 0 spiro atoms. The predicted molar refractivity (Wildman–Crippen MR) is 56.6 cm³/mol. The lowest BCUT2D eigenvalue weighted by Gasteiger charge is -2.01. The number of nitrogens with two attached hydrogens (primary N) is 1. The number of carboxylic acid groups (broad SMARTS) is 1. The van der Waals surface area contributed by atoms with E-state index >= 15 is 0 Å². The molecule has 1 aromatic rings. The van der Waals surface area contributed by atoms with Crippen molar-refractivity contribution in [1.29, 1.82) is 0 Å². The van der Waals surface area contributed by atoms with Crippen LogP contribution in [0.5, 0.6) is 0 Å². The normalized spacial score (nSPS) is 25.7. The van der Waals surface area contributed by atoms with Gasteiger partial charge in [-0.05, 0) is 17.7 Å². The van der Waals surface area contributed by atoms with Crippen molar-refractivity contribution in [3.63, 3.8) is 0 Å². The lowest BCUT2D eigenvalue weighted by molar-refractivity contribution is -0.140. The van der Waals surface area contributed by atoms with Crippen molar-refractivity contribution < 1.29 is 27.1 Å². The van der Waals surface area contributed by atoms with Crippen molar-refractivity contribution in [3.05, 3.63) is 29.8 Å². The number of rotatable bonds is 3. The SMILES string of the molecule is NS(=O)(=O)c1ccc([C@H]2[C@H](C(=O)O)C2(F)F)cc1. The molecule has 1 fully saturated rings. The minimum absolute atomic E-state index is 0.0831. The Bertz CT molecular complexity index is 597. The van der Waals surface area contributed by atoms with Crippen LogP contribution in [0, 0.1) is 5.92 Å².